The summed E-state index contributed by atoms with van der Waals surface area (Å²) in [4.78, 5) is 27.4. The second-order valence-electron chi connectivity index (χ2n) is 6.28. The Labute approximate surface area is 162 Å². The van der Waals surface area contributed by atoms with Gasteiger partial charge in [0.2, 0.25) is 5.91 Å². The highest BCUT2D eigenvalue weighted by molar-refractivity contribution is 7.99. The van der Waals surface area contributed by atoms with Gasteiger partial charge in [-0.3, -0.25) is 9.63 Å². The molecule has 1 heterocycles. The lowest BCUT2D eigenvalue weighted by Crippen LogP contribution is -2.62. The summed E-state index contributed by atoms with van der Waals surface area (Å²) in [7, 11) is 0. The van der Waals surface area contributed by atoms with E-state index >= 15 is 0 Å². The highest BCUT2D eigenvalue weighted by atomic mass is 32.2. The molecule has 1 saturated heterocycles. The molecule has 1 rings (SSSR count). The van der Waals surface area contributed by atoms with Crippen LogP contribution in [0, 0.1) is 0 Å². The molecule has 2 unspecified atom stereocenters. The van der Waals surface area contributed by atoms with Gasteiger partial charge in [-0.25, -0.2) is 0 Å². The zero-order valence-electron chi connectivity index (χ0n) is 15.4. The third-order valence-electron chi connectivity index (χ3n) is 3.93. The van der Waals surface area contributed by atoms with Gasteiger partial charge in [-0.15, -0.1) is 0 Å². The van der Waals surface area contributed by atoms with Crippen LogP contribution >= 0.6 is 11.8 Å². The SMILES string of the molecule is CC(=O)CCCCSCCNC(=O)CON[C@@H]1OC(CO)[C@@H](O)C(O)[C@@H]1O. The number of hydrogen-bond acceptors (Lipinski definition) is 10. The maximum Gasteiger partial charge on any atom is 0.248 e. The van der Waals surface area contributed by atoms with Crippen LogP contribution in [-0.2, 0) is 19.2 Å². The number of ether oxygens (including phenoxy) is 1. The second-order valence-corrected chi connectivity index (χ2v) is 7.50. The van der Waals surface area contributed by atoms with Gasteiger partial charge in [0.15, 0.2) is 6.23 Å². The molecule has 0 radical (unpaired) electrons. The highest BCUT2D eigenvalue weighted by Crippen LogP contribution is 2.19. The number of carbonyl (C=O) groups excluding carboxylic acids is 2. The van der Waals surface area contributed by atoms with Crippen LogP contribution in [0.2, 0.25) is 0 Å². The number of thioether (sulfide) groups is 1. The molecular weight excluding hydrogens is 380 g/mol. The molecule has 1 aliphatic heterocycles. The fraction of sp³-hybridized carbons (Fsp3) is 0.875. The number of Topliss-reactive ketones (excluding diaryl/α,β-unsaturated/α-hetero) is 1. The molecule has 27 heavy (non-hydrogen) atoms. The number of carbonyl (C=O) groups is 2. The van der Waals surface area contributed by atoms with Gasteiger partial charge in [-0.2, -0.15) is 17.2 Å². The Bertz CT molecular complexity index is 454. The van der Waals surface area contributed by atoms with Crippen molar-refractivity contribution in [1.29, 1.82) is 0 Å². The first-order chi connectivity index (χ1) is 12.9. The Morgan fingerprint density at radius 2 is 1.85 bits per heavy atom. The van der Waals surface area contributed by atoms with Crippen molar-refractivity contribution in [2.24, 2.45) is 0 Å². The number of unbranched alkanes of at least 4 members (excludes halogenated alkanes) is 1. The van der Waals surface area contributed by atoms with Gasteiger partial charge in [-0.1, -0.05) is 0 Å². The van der Waals surface area contributed by atoms with Crippen LogP contribution in [0.1, 0.15) is 26.2 Å². The Hall–Kier alpha value is -0.790. The number of hydroxylamine groups is 1. The average Bonchev–Trinajstić information content (AvgIpc) is 2.63. The Morgan fingerprint density at radius 3 is 2.52 bits per heavy atom. The monoisotopic (exact) mass is 410 g/mol. The first-order valence-corrected chi connectivity index (χ1v) is 10.0. The van der Waals surface area contributed by atoms with Crippen LogP contribution in [0.25, 0.3) is 0 Å². The van der Waals surface area contributed by atoms with Gasteiger partial charge in [0.1, 0.15) is 36.8 Å². The van der Waals surface area contributed by atoms with Crippen molar-refractivity contribution in [2.75, 3.05) is 31.3 Å². The minimum Gasteiger partial charge on any atom is -0.394 e. The molecule has 5 atom stereocenters. The molecule has 0 aromatic heterocycles. The van der Waals surface area contributed by atoms with Crippen LogP contribution < -0.4 is 10.8 Å². The van der Waals surface area contributed by atoms with Crippen molar-refractivity contribution >= 4 is 23.5 Å². The summed E-state index contributed by atoms with van der Waals surface area (Å²) in [5.41, 5.74) is 2.30. The molecule has 1 aliphatic rings. The lowest BCUT2D eigenvalue weighted by Gasteiger charge is -2.39. The van der Waals surface area contributed by atoms with E-state index in [0.29, 0.717) is 13.0 Å². The second kappa shape index (κ2) is 13.4. The fourth-order valence-electron chi connectivity index (χ4n) is 2.38. The molecule has 1 fully saturated rings. The van der Waals surface area contributed by atoms with Crippen molar-refractivity contribution in [2.45, 2.75) is 56.8 Å². The standard InChI is InChI=1S/C16H30N2O8S/c1-10(20)4-2-3-6-27-7-5-17-12(21)9-25-18-16-15(24)14(23)13(22)11(8-19)26-16/h11,13-16,18-19,22-24H,2-9H2,1H3,(H,17,21)/t11?,13-,14?,15+,16-/m1/s1. The topological polar surface area (TPSA) is 158 Å². The van der Waals surface area contributed by atoms with Crippen molar-refractivity contribution in [3.63, 3.8) is 0 Å². The zero-order chi connectivity index (χ0) is 20.2. The average molecular weight is 410 g/mol. The number of rotatable bonds is 13. The van der Waals surface area contributed by atoms with E-state index in [1.807, 2.05) is 0 Å². The summed E-state index contributed by atoms with van der Waals surface area (Å²) in [6.07, 6.45) is -4.24. The molecule has 10 nitrogen and oxygen atoms in total. The lowest BCUT2D eigenvalue weighted by molar-refractivity contribution is -0.260. The first kappa shape index (κ1) is 24.2. The predicted octanol–water partition coefficient (Wildman–Crippen LogP) is -2.08. The Balaban J connectivity index is 2.09. The molecule has 0 bridgehead atoms. The minimum absolute atomic E-state index is 0.199. The molecule has 0 aliphatic carbocycles. The Kier molecular flexibility index (Phi) is 12.0. The number of aliphatic hydroxyl groups excluding tert-OH is 4. The van der Waals surface area contributed by atoms with E-state index in [1.54, 1.807) is 18.7 Å². The Morgan fingerprint density at radius 1 is 1.11 bits per heavy atom. The van der Waals surface area contributed by atoms with E-state index in [0.717, 1.165) is 24.3 Å². The largest absolute Gasteiger partial charge is 0.394 e. The molecule has 0 aromatic rings. The van der Waals surface area contributed by atoms with Crippen LogP contribution in [0.5, 0.6) is 0 Å². The summed E-state index contributed by atoms with van der Waals surface area (Å²) in [6, 6.07) is 0. The van der Waals surface area contributed by atoms with E-state index in [4.69, 9.17) is 14.7 Å². The van der Waals surface area contributed by atoms with Crippen LogP contribution in [-0.4, -0.2) is 94.0 Å². The zero-order valence-corrected chi connectivity index (χ0v) is 16.2. The van der Waals surface area contributed by atoms with E-state index in [9.17, 15) is 24.9 Å². The smallest absolute Gasteiger partial charge is 0.248 e. The maximum atomic E-state index is 11.7. The van der Waals surface area contributed by atoms with E-state index < -0.39 is 37.3 Å². The number of nitrogens with one attached hydrogen (secondary N) is 2. The van der Waals surface area contributed by atoms with Gasteiger partial charge in [0, 0.05) is 18.7 Å². The van der Waals surface area contributed by atoms with Gasteiger partial charge in [0.05, 0.1) is 6.61 Å². The highest BCUT2D eigenvalue weighted by Gasteiger charge is 2.43. The van der Waals surface area contributed by atoms with Crippen molar-refractivity contribution < 1.29 is 39.6 Å². The van der Waals surface area contributed by atoms with Gasteiger partial charge < -0.3 is 35.3 Å². The third-order valence-corrected chi connectivity index (χ3v) is 5.00. The summed E-state index contributed by atoms with van der Waals surface area (Å²) >= 11 is 1.69. The van der Waals surface area contributed by atoms with Crippen molar-refractivity contribution in [1.82, 2.24) is 10.8 Å². The summed E-state index contributed by atoms with van der Waals surface area (Å²) in [6.45, 7) is 1.17. The number of hydrogen-bond donors (Lipinski definition) is 6. The van der Waals surface area contributed by atoms with Crippen LogP contribution in [0.4, 0.5) is 0 Å². The molecule has 11 heteroatoms. The number of aliphatic hydroxyl groups is 4. The quantitative estimate of drug-likeness (QED) is 0.147. The van der Waals surface area contributed by atoms with Gasteiger partial charge in [-0.05, 0) is 25.5 Å². The first-order valence-electron chi connectivity index (χ1n) is 8.88. The summed E-state index contributed by atoms with van der Waals surface area (Å²) in [5, 5.41) is 40.8. The molecule has 0 spiro atoms. The molecule has 158 valence electrons. The number of amides is 1. The van der Waals surface area contributed by atoms with Gasteiger partial charge >= 0.3 is 0 Å². The molecule has 0 aromatic carbocycles. The minimum atomic E-state index is -1.52. The van der Waals surface area contributed by atoms with Crippen LogP contribution in [0.3, 0.4) is 0 Å². The predicted molar refractivity (Wildman–Crippen MR) is 97.7 cm³/mol. The maximum absolute atomic E-state index is 11.7. The van der Waals surface area contributed by atoms with Crippen LogP contribution in [0.15, 0.2) is 0 Å². The number of ketones is 1. The molecule has 1 amide bonds. The molecular formula is C16H30N2O8S. The summed E-state index contributed by atoms with van der Waals surface area (Å²) < 4.78 is 5.17. The third kappa shape index (κ3) is 9.30. The van der Waals surface area contributed by atoms with E-state index in [2.05, 4.69) is 10.8 Å². The van der Waals surface area contributed by atoms with E-state index in [-0.39, 0.29) is 18.3 Å². The molecule has 6 N–H and O–H groups in total. The van der Waals surface area contributed by atoms with Crippen molar-refractivity contribution in [3.8, 4) is 0 Å². The fourth-order valence-corrected chi connectivity index (χ4v) is 3.24. The van der Waals surface area contributed by atoms with E-state index in [1.165, 1.54) is 0 Å². The van der Waals surface area contributed by atoms with Crippen molar-refractivity contribution in [3.05, 3.63) is 0 Å². The lowest BCUT2D eigenvalue weighted by atomic mass is 9.99. The van der Waals surface area contributed by atoms with Gasteiger partial charge in [0.25, 0.3) is 0 Å². The molecule has 0 saturated carbocycles. The summed E-state index contributed by atoms with van der Waals surface area (Å²) in [5.74, 6) is 1.50. The normalized spacial score (nSPS) is 28.1.